The molecular formula is C26H18BrF2N. The molecule has 0 aliphatic heterocycles. The molecule has 4 rings (SSSR count). The summed E-state index contributed by atoms with van der Waals surface area (Å²) < 4.78 is 27.9. The second-order valence-electron chi connectivity index (χ2n) is 6.76. The van der Waals surface area contributed by atoms with Gasteiger partial charge in [0.05, 0.1) is 0 Å². The predicted octanol–water partition coefficient (Wildman–Crippen LogP) is 8.37. The van der Waals surface area contributed by atoms with Gasteiger partial charge in [0.15, 0.2) is 0 Å². The van der Waals surface area contributed by atoms with Crippen molar-refractivity contribution in [1.82, 2.24) is 0 Å². The maximum absolute atomic E-state index is 13.4. The Morgan fingerprint density at radius 1 is 0.500 bits per heavy atom. The van der Waals surface area contributed by atoms with E-state index in [2.05, 4.69) is 22.0 Å². The maximum atomic E-state index is 13.4. The molecule has 0 aromatic heterocycles. The zero-order valence-corrected chi connectivity index (χ0v) is 17.6. The molecule has 0 heterocycles. The highest BCUT2D eigenvalue weighted by Gasteiger charge is 2.12. The third-order valence-electron chi connectivity index (χ3n) is 4.66. The van der Waals surface area contributed by atoms with E-state index in [1.165, 1.54) is 24.3 Å². The first-order valence-corrected chi connectivity index (χ1v) is 10.2. The Morgan fingerprint density at radius 2 is 0.833 bits per heavy atom. The van der Waals surface area contributed by atoms with Crippen LogP contribution in [-0.2, 0) is 0 Å². The molecule has 0 radical (unpaired) electrons. The highest BCUT2D eigenvalue weighted by atomic mass is 79.9. The Kier molecular flexibility index (Phi) is 6.05. The molecule has 0 aliphatic carbocycles. The fraction of sp³-hybridized carbons (Fsp3) is 0. The van der Waals surface area contributed by atoms with Crippen LogP contribution in [0.25, 0.3) is 12.2 Å². The molecule has 4 aromatic carbocycles. The number of hydrogen-bond donors (Lipinski definition) is 0. The maximum Gasteiger partial charge on any atom is 0.123 e. The van der Waals surface area contributed by atoms with Crippen molar-refractivity contribution in [3.8, 4) is 0 Å². The summed E-state index contributed by atoms with van der Waals surface area (Å²) in [4.78, 5) is 1.96. The van der Waals surface area contributed by atoms with Gasteiger partial charge in [-0.25, -0.2) is 8.78 Å². The zero-order valence-electron chi connectivity index (χ0n) is 16.0. The second kappa shape index (κ2) is 9.06. The average molecular weight is 462 g/mol. The van der Waals surface area contributed by atoms with Gasteiger partial charge < -0.3 is 4.90 Å². The first-order valence-electron chi connectivity index (χ1n) is 9.43. The van der Waals surface area contributed by atoms with E-state index in [1.807, 2.05) is 59.5 Å². The Labute approximate surface area is 183 Å². The number of rotatable bonds is 5. The van der Waals surface area contributed by atoms with Crippen molar-refractivity contribution in [2.45, 2.75) is 0 Å². The number of nitrogens with zero attached hydrogens (tertiary/aromatic N) is 1. The first kappa shape index (κ1) is 20.0. The van der Waals surface area contributed by atoms with Crippen LogP contribution in [0.1, 0.15) is 11.1 Å². The average Bonchev–Trinajstić information content (AvgIpc) is 2.77. The Balaban J connectivity index is 1.64. The SMILES string of the molecule is Fc1ccc(N(c2ccc(F)cc2)c2ccc(C=Cc3ccc(Br)cc3)cc2)cc1. The summed E-state index contributed by atoms with van der Waals surface area (Å²) in [5, 5.41) is 0. The van der Waals surface area contributed by atoms with Crippen molar-refractivity contribution in [3.63, 3.8) is 0 Å². The van der Waals surface area contributed by atoms with Crippen LogP contribution in [0.15, 0.2) is 102 Å². The lowest BCUT2D eigenvalue weighted by Crippen LogP contribution is -2.09. The van der Waals surface area contributed by atoms with Crippen LogP contribution < -0.4 is 4.90 Å². The van der Waals surface area contributed by atoms with Gasteiger partial charge in [-0.2, -0.15) is 0 Å². The summed E-state index contributed by atoms with van der Waals surface area (Å²) in [5.41, 5.74) is 4.65. The summed E-state index contributed by atoms with van der Waals surface area (Å²) in [5.74, 6) is -0.600. The van der Waals surface area contributed by atoms with E-state index in [4.69, 9.17) is 0 Å². The summed E-state index contributed by atoms with van der Waals surface area (Å²) in [6.07, 6.45) is 4.10. The lowest BCUT2D eigenvalue weighted by molar-refractivity contribution is 0.628. The third-order valence-corrected chi connectivity index (χ3v) is 5.19. The summed E-state index contributed by atoms with van der Waals surface area (Å²) >= 11 is 3.44. The normalized spacial score (nSPS) is 11.0. The van der Waals surface area contributed by atoms with Gasteiger partial charge in [0.2, 0.25) is 0 Å². The van der Waals surface area contributed by atoms with Crippen LogP contribution >= 0.6 is 15.9 Å². The van der Waals surface area contributed by atoms with Gasteiger partial charge in [0.1, 0.15) is 11.6 Å². The van der Waals surface area contributed by atoms with Gasteiger partial charge in [-0.3, -0.25) is 0 Å². The Hall–Kier alpha value is -3.24. The highest BCUT2D eigenvalue weighted by molar-refractivity contribution is 9.10. The number of hydrogen-bond acceptors (Lipinski definition) is 1. The minimum absolute atomic E-state index is 0.300. The second-order valence-corrected chi connectivity index (χ2v) is 7.68. The molecule has 0 saturated carbocycles. The van der Waals surface area contributed by atoms with Gasteiger partial charge >= 0.3 is 0 Å². The summed E-state index contributed by atoms with van der Waals surface area (Å²) in [7, 11) is 0. The van der Waals surface area contributed by atoms with E-state index in [0.717, 1.165) is 32.7 Å². The molecule has 0 unspecified atom stereocenters. The molecular weight excluding hydrogens is 444 g/mol. The van der Waals surface area contributed by atoms with Crippen molar-refractivity contribution in [3.05, 3.63) is 124 Å². The van der Waals surface area contributed by atoms with Crippen molar-refractivity contribution in [2.24, 2.45) is 0 Å². The fourth-order valence-corrected chi connectivity index (χ4v) is 3.39. The van der Waals surface area contributed by atoms with Crippen molar-refractivity contribution >= 4 is 45.1 Å². The smallest absolute Gasteiger partial charge is 0.123 e. The number of halogens is 3. The minimum atomic E-state index is -0.300. The van der Waals surface area contributed by atoms with Crippen LogP contribution in [0.3, 0.4) is 0 Å². The molecule has 30 heavy (non-hydrogen) atoms. The van der Waals surface area contributed by atoms with Gasteiger partial charge in [-0.1, -0.05) is 52.3 Å². The lowest BCUT2D eigenvalue weighted by atomic mass is 10.1. The summed E-state index contributed by atoms with van der Waals surface area (Å²) in [6.45, 7) is 0. The van der Waals surface area contributed by atoms with Crippen molar-refractivity contribution in [2.75, 3.05) is 4.90 Å². The molecule has 0 amide bonds. The van der Waals surface area contributed by atoms with Crippen molar-refractivity contribution < 1.29 is 8.78 Å². The number of anilines is 3. The third kappa shape index (κ3) is 4.84. The van der Waals surface area contributed by atoms with Gasteiger partial charge in [0, 0.05) is 21.5 Å². The molecule has 0 aliphatic rings. The molecule has 4 aromatic rings. The molecule has 0 atom stereocenters. The highest BCUT2D eigenvalue weighted by Crippen LogP contribution is 2.34. The van der Waals surface area contributed by atoms with Crippen molar-refractivity contribution in [1.29, 1.82) is 0 Å². The van der Waals surface area contributed by atoms with E-state index in [-0.39, 0.29) is 11.6 Å². The topological polar surface area (TPSA) is 3.24 Å². The largest absolute Gasteiger partial charge is 0.310 e. The quantitative estimate of drug-likeness (QED) is 0.269. The van der Waals surface area contributed by atoms with Crippen LogP contribution in [0, 0.1) is 11.6 Å². The van der Waals surface area contributed by atoms with Gasteiger partial charge in [-0.05, 0) is 83.9 Å². The minimum Gasteiger partial charge on any atom is -0.310 e. The van der Waals surface area contributed by atoms with Gasteiger partial charge in [0.25, 0.3) is 0 Å². The fourth-order valence-electron chi connectivity index (χ4n) is 3.13. The van der Waals surface area contributed by atoms with Crippen LogP contribution in [-0.4, -0.2) is 0 Å². The molecule has 0 bridgehead atoms. The lowest BCUT2D eigenvalue weighted by Gasteiger charge is -2.25. The van der Waals surface area contributed by atoms with E-state index >= 15 is 0 Å². The molecule has 148 valence electrons. The van der Waals surface area contributed by atoms with Crippen LogP contribution in [0.5, 0.6) is 0 Å². The Morgan fingerprint density at radius 3 is 1.23 bits per heavy atom. The predicted molar refractivity (Wildman–Crippen MR) is 124 cm³/mol. The molecule has 0 spiro atoms. The summed E-state index contributed by atoms with van der Waals surface area (Å²) in [6, 6.07) is 28.6. The number of benzene rings is 4. The van der Waals surface area contributed by atoms with Crippen LogP contribution in [0.2, 0.25) is 0 Å². The molecule has 4 heteroatoms. The monoisotopic (exact) mass is 461 g/mol. The first-order chi connectivity index (χ1) is 14.6. The molecule has 1 nitrogen and oxygen atoms in total. The standard InChI is InChI=1S/C26H18BrF2N/c27-21-7-3-19(4-8-21)1-2-20-5-13-24(14-6-20)30(25-15-9-22(28)10-16-25)26-17-11-23(29)12-18-26/h1-18H. The zero-order chi connectivity index (χ0) is 20.9. The molecule has 0 saturated heterocycles. The molecule has 0 N–H and O–H groups in total. The molecule has 0 fully saturated rings. The van der Waals surface area contributed by atoms with Gasteiger partial charge in [-0.15, -0.1) is 0 Å². The van der Waals surface area contributed by atoms with E-state index in [0.29, 0.717) is 0 Å². The van der Waals surface area contributed by atoms with Crippen LogP contribution in [0.4, 0.5) is 25.8 Å². The Bertz CT molecular complexity index is 1090. The van der Waals surface area contributed by atoms with E-state index in [9.17, 15) is 8.78 Å². The van der Waals surface area contributed by atoms with E-state index in [1.54, 1.807) is 24.3 Å². The van der Waals surface area contributed by atoms with E-state index < -0.39 is 0 Å².